The molecule has 1 rings (SSSR count). The minimum Gasteiger partial charge on any atom is -0.480 e. The molecule has 0 fully saturated rings. The highest BCUT2D eigenvalue weighted by Crippen LogP contribution is 2.25. The molecule has 1 aliphatic carbocycles. The standard InChI is InChI=1S/C15H17NO3/c1-3-7-15(19)8-5-12(6-9-15)11-13(14(17)18)16-10-4-2/h1-2,5-6,8,13,16,19H,7,9-11H2,(H,17,18)/t13-,15?/m0/s1. The molecule has 0 saturated heterocycles. The van der Waals surface area contributed by atoms with Crippen molar-refractivity contribution < 1.29 is 15.0 Å². The number of rotatable bonds is 6. The Bertz CT molecular complexity index is 479. The van der Waals surface area contributed by atoms with Crippen molar-refractivity contribution in [3.05, 3.63) is 23.8 Å². The molecule has 2 atom stereocenters. The molecule has 0 aromatic carbocycles. The maximum absolute atomic E-state index is 11.1. The molecule has 4 nitrogen and oxygen atoms in total. The second-order valence-electron chi connectivity index (χ2n) is 4.48. The number of carboxylic acid groups (broad SMARTS) is 1. The summed E-state index contributed by atoms with van der Waals surface area (Å²) in [5.74, 6) is 3.82. The van der Waals surface area contributed by atoms with Crippen LogP contribution in [0.25, 0.3) is 0 Å². The largest absolute Gasteiger partial charge is 0.480 e. The summed E-state index contributed by atoms with van der Waals surface area (Å²) in [6.07, 6.45) is 16.4. The monoisotopic (exact) mass is 259 g/mol. The van der Waals surface area contributed by atoms with Crippen molar-refractivity contribution in [1.82, 2.24) is 5.32 Å². The first-order valence-corrected chi connectivity index (χ1v) is 5.94. The first-order chi connectivity index (χ1) is 9.00. The van der Waals surface area contributed by atoms with E-state index in [1.54, 1.807) is 12.2 Å². The van der Waals surface area contributed by atoms with E-state index in [9.17, 15) is 9.90 Å². The second kappa shape index (κ2) is 6.80. The highest BCUT2D eigenvalue weighted by atomic mass is 16.4. The van der Waals surface area contributed by atoms with E-state index in [-0.39, 0.29) is 13.0 Å². The number of allylic oxidation sites excluding steroid dienone is 1. The summed E-state index contributed by atoms with van der Waals surface area (Å²) in [7, 11) is 0. The van der Waals surface area contributed by atoms with E-state index in [1.165, 1.54) is 0 Å². The number of hydrogen-bond donors (Lipinski definition) is 3. The first-order valence-electron chi connectivity index (χ1n) is 5.94. The van der Waals surface area contributed by atoms with E-state index < -0.39 is 17.6 Å². The maximum atomic E-state index is 11.1. The lowest BCUT2D eigenvalue weighted by Gasteiger charge is -2.25. The van der Waals surface area contributed by atoms with Gasteiger partial charge in [0.2, 0.25) is 0 Å². The zero-order valence-corrected chi connectivity index (χ0v) is 10.6. The van der Waals surface area contributed by atoms with Gasteiger partial charge in [-0.25, -0.2) is 0 Å². The Morgan fingerprint density at radius 3 is 2.74 bits per heavy atom. The predicted molar refractivity (Wildman–Crippen MR) is 73.1 cm³/mol. The van der Waals surface area contributed by atoms with Crippen LogP contribution in [0.2, 0.25) is 0 Å². The number of terminal acetylenes is 2. The van der Waals surface area contributed by atoms with Crippen LogP contribution in [0, 0.1) is 24.7 Å². The van der Waals surface area contributed by atoms with Crippen molar-refractivity contribution in [3.8, 4) is 24.7 Å². The van der Waals surface area contributed by atoms with Gasteiger partial charge >= 0.3 is 5.97 Å². The fourth-order valence-electron chi connectivity index (χ4n) is 1.83. The topological polar surface area (TPSA) is 69.6 Å². The highest BCUT2D eigenvalue weighted by Gasteiger charge is 2.25. The van der Waals surface area contributed by atoms with Crippen LogP contribution in [0.1, 0.15) is 19.3 Å². The van der Waals surface area contributed by atoms with Gasteiger partial charge in [-0.1, -0.05) is 24.1 Å². The van der Waals surface area contributed by atoms with Crippen molar-refractivity contribution in [1.29, 1.82) is 0 Å². The van der Waals surface area contributed by atoms with E-state index in [0.717, 1.165) is 5.57 Å². The summed E-state index contributed by atoms with van der Waals surface area (Å²) in [5, 5.41) is 21.9. The SMILES string of the molecule is C#CCN[C@@H](CC1=CCC(O)(CC#C)C=C1)C(=O)O. The van der Waals surface area contributed by atoms with Gasteiger partial charge in [0.15, 0.2) is 0 Å². The highest BCUT2D eigenvalue weighted by molar-refractivity contribution is 5.74. The van der Waals surface area contributed by atoms with Crippen LogP contribution < -0.4 is 5.32 Å². The Morgan fingerprint density at radius 1 is 1.53 bits per heavy atom. The normalized spacial score (nSPS) is 23.0. The summed E-state index contributed by atoms with van der Waals surface area (Å²) in [6.45, 7) is 0.203. The smallest absolute Gasteiger partial charge is 0.321 e. The summed E-state index contributed by atoms with van der Waals surface area (Å²) in [5.41, 5.74) is -0.165. The molecule has 0 heterocycles. The molecule has 0 aromatic rings. The van der Waals surface area contributed by atoms with E-state index in [1.807, 2.05) is 6.08 Å². The maximum Gasteiger partial charge on any atom is 0.321 e. The number of carbonyl (C=O) groups is 1. The second-order valence-corrected chi connectivity index (χ2v) is 4.48. The average molecular weight is 259 g/mol. The minimum atomic E-state index is -1.01. The van der Waals surface area contributed by atoms with Gasteiger partial charge in [-0.15, -0.1) is 18.8 Å². The van der Waals surface area contributed by atoms with Gasteiger partial charge in [0.1, 0.15) is 6.04 Å². The molecular weight excluding hydrogens is 242 g/mol. The van der Waals surface area contributed by atoms with Gasteiger partial charge < -0.3 is 10.2 Å². The first kappa shape index (κ1) is 15.0. The molecule has 0 aromatic heterocycles. The van der Waals surface area contributed by atoms with E-state index in [0.29, 0.717) is 12.8 Å². The number of aliphatic carboxylic acids is 1. The molecule has 3 N–H and O–H groups in total. The van der Waals surface area contributed by atoms with E-state index in [4.69, 9.17) is 18.0 Å². The Labute approximate surface area is 113 Å². The van der Waals surface area contributed by atoms with E-state index in [2.05, 4.69) is 17.2 Å². The number of carboxylic acids is 1. The summed E-state index contributed by atoms with van der Waals surface area (Å²) in [4.78, 5) is 11.1. The molecule has 100 valence electrons. The lowest BCUT2D eigenvalue weighted by Crippen LogP contribution is -2.37. The lowest BCUT2D eigenvalue weighted by molar-refractivity contribution is -0.139. The molecule has 19 heavy (non-hydrogen) atoms. The molecule has 0 aliphatic heterocycles. The van der Waals surface area contributed by atoms with Gasteiger partial charge in [-0.3, -0.25) is 10.1 Å². The predicted octanol–water partition coefficient (Wildman–Crippen LogP) is 0.693. The Balaban J connectivity index is 2.62. The van der Waals surface area contributed by atoms with Crippen molar-refractivity contribution >= 4 is 5.97 Å². The van der Waals surface area contributed by atoms with Crippen LogP contribution in [-0.4, -0.2) is 34.4 Å². The van der Waals surface area contributed by atoms with Gasteiger partial charge in [-0.2, -0.15) is 0 Å². The molecule has 0 spiro atoms. The molecular formula is C15H17NO3. The molecule has 0 radical (unpaired) electrons. The third kappa shape index (κ3) is 4.63. The summed E-state index contributed by atoms with van der Waals surface area (Å²) in [6, 6.07) is -0.731. The third-order valence-corrected chi connectivity index (χ3v) is 2.92. The van der Waals surface area contributed by atoms with Crippen LogP contribution in [0.4, 0.5) is 0 Å². The molecule has 4 heteroatoms. The summed E-state index contributed by atoms with van der Waals surface area (Å²) >= 11 is 0. The summed E-state index contributed by atoms with van der Waals surface area (Å²) < 4.78 is 0. The van der Waals surface area contributed by atoms with Gasteiger partial charge in [0.05, 0.1) is 12.1 Å². The number of aliphatic hydroxyl groups is 1. The minimum absolute atomic E-state index is 0.203. The van der Waals surface area contributed by atoms with Gasteiger partial charge in [0.25, 0.3) is 0 Å². The Hall–Kier alpha value is -2.01. The van der Waals surface area contributed by atoms with Crippen LogP contribution in [0.3, 0.4) is 0 Å². The molecule has 1 unspecified atom stereocenters. The lowest BCUT2D eigenvalue weighted by atomic mass is 9.88. The van der Waals surface area contributed by atoms with Crippen LogP contribution in [0.15, 0.2) is 23.8 Å². The van der Waals surface area contributed by atoms with Gasteiger partial charge in [0, 0.05) is 6.42 Å². The van der Waals surface area contributed by atoms with Crippen LogP contribution >= 0.6 is 0 Å². The average Bonchev–Trinajstić information content (AvgIpc) is 2.36. The van der Waals surface area contributed by atoms with Crippen molar-refractivity contribution in [3.63, 3.8) is 0 Å². The van der Waals surface area contributed by atoms with Crippen molar-refractivity contribution in [2.24, 2.45) is 0 Å². The number of hydrogen-bond acceptors (Lipinski definition) is 3. The quantitative estimate of drug-likeness (QED) is 0.614. The fourth-order valence-corrected chi connectivity index (χ4v) is 1.83. The Kier molecular flexibility index (Phi) is 5.38. The number of nitrogens with one attached hydrogen (secondary N) is 1. The molecule has 0 amide bonds. The molecule has 0 bridgehead atoms. The van der Waals surface area contributed by atoms with E-state index >= 15 is 0 Å². The fraction of sp³-hybridized carbons (Fsp3) is 0.400. The third-order valence-electron chi connectivity index (χ3n) is 2.92. The zero-order valence-electron chi connectivity index (χ0n) is 10.6. The van der Waals surface area contributed by atoms with Crippen molar-refractivity contribution in [2.75, 3.05) is 6.54 Å². The molecule has 1 aliphatic rings. The molecule has 0 saturated carbocycles. The van der Waals surface area contributed by atoms with Gasteiger partial charge in [-0.05, 0) is 18.4 Å². The van der Waals surface area contributed by atoms with Crippen molar-refractivity contribution in [2.45, 2.75) is 30.9 Å². The Morgan fingerprint density at radius 2 is 2.26 bits per heavy atom. The van der Waals surface area contributed by atoms with Crippen LogP contribution in [0.5, 0.6) is 0 Å². The zero-order chi connectivity index (χ0) is 14.3. The van der Waals surface area contributed by atoms with Crippen LogP contribution in [-0.2, 0) is 4.79 Å².